The lowest BCUT2D eigenvalue weighted by molar-refractivity contribution is 0.0967. The number of rotatable bonds is 6. The van der Waals surface area contributed by atoms with Crippen LogP contribution in [0.15, 0.2) is 46.2 Å². The molecular weight excluding hydrogens is 344 g/mol. The highest BCUT2D eigenvalue weighted by Crippen LogP contribution is 2.21. The number of hydrogen-bond donors (Lipinski definition) is 0. The number of ether oxygens (including phenoxy) is 1. The smallest absolute Gasteiger partial charge is 0.251 e. The van der Waals surface area contributed by atoms with Crippen LogP contribution in [0.2, 0.25) is 0 Å². The number of Topliss-reactive ketones (excluding diaryl/α,β-unsaturated/α-hetero) is 1. The number of benzene rings is 1. The Hall–Kier alpha value is -2.45. The SMILES string of the molecule is COc1ccc(C)cc1C(=O)Cn1cc(S(=O)(=O)N(C)C)ccc1=O. The molecule has 0 aliphatic carbocycles. The maximum Gasteiger partial charge on any atom is 0.251 e. The highest BCUT2D eigenvalue weighted by Gasteiger charge is 2.19. The van der Waals surface area contributed by atoms with Gasteiger partial charge in [0.05, 0.1) is 24.1 Å². The number of aromatic nitrogens is 1. The van der Waals surface area contributed by atoms with Crippen molar-refractivity contribution in [3.8, 4) is 5.75 Å². The van der Waals surface area contributed by atoms with Crippen molar-refractivity contribution >= 4 is 15.8 Å². The Balaban J connectivity index is 2.43. The van der Waals surface area contributed by atoms with Crippen LogP contribution >= 0.6 is 0 Å². The molecule has 1 aromatic carbocycles. The fourth-order valence-corrected chi connectivity index (χ4v) is 3.20. The number of carbonyl (C=O) groups is 1. The van der Waals surface area contributed by atoms with Gasteiger partial charge in [-0.2, -0.15) is 0 Å². The number of sulfonamides is 1. The van der Waals surface area contributed by atoms with Crippen LogP contribution in [0.3, 0.4) is 0 Å². The molecule has 0 aliphatic rings. The molecule has 0 radical (unpaired) electrons. The van der Waals surface area contributed by atoms with Crippen LogP contribution < -0.4 is 10.3 Å². The van der Waals surface area contributed by atoms with E-state index in [2.05, 4.69) is 0 Å². The molecule has 2 aromatic rings. The molecule has 1 aromatic heterocycles. The normalized spacial score (nSPS) is 11.6. The standard InChI is InChI=1S/C17H20N2O5S/c1-12-5-7-16(24-4)14(9-12)15(20)11-19-10-13(6-8-17(19)21)25(22,23)18(2)3/h5-10H,11H2,1-4H3. The molecule has 134 valence electrons. The van der Waals surface area contributed by atoms with Crippen molar-refractivity contribution in [1.29, 1.82) is 0 Å². The van der Waals surface area contributed by atoms with Gasteiger partial charge in [0, 0.05) is 26.4 Å². The van der Waals surface area contributed by atoms with Crippen LogP contribution in [0.4, 0.5) is 0 Å². The van der Waals surface area contributed by atoms with E-state index >= 15 is 0 Å². The van der Waals surface area contributed by atoms with Gasteiger partial charge < -0.3 is 9.30 Å². The number of pyridine rings is 1. The second-order valence-corrected chi connectivity index (χ2v) is 7.90. The summed E-state index contributed by atoms with van der Waals surface area (Å²) in [6, 6.07) is 7.53. The maximum atomic E-state index is 12.6. The van der Waals surface area contributed by atoms with Crippen molar-refractivity contribution in [3.05, 3.63) is 58.0 Å². The summed E-state index contributed by atoms with van der Waals surface area (Å²) in [6.07, 6.45) is 1.18. The van der Waals surface area contributed by atoms with Crippen LogP contribution in [0.5, 0.6) is 5.75 Å². The molecule has 25 heavy (non-hydrogen) atoms. The summed E-state index contributed by atoms with van der Waals surface area (Å²) < 4.78 is 31.7. The third-order valence-corrected chi connectivity index (χ3v) is 5.50. The summed E-state index contributed by atoms with van der Waals surface area (Å²) in [6.45, 7) is 1.56. The lowest BCUT2D eigenvalue weighted by atomic mass is 10.1. The van der Waals surface area contributed by atoms with E-state index in [4.69, 9.17) is 4.74 Å². The summed E-state index contributed by atoms with van der Waals surface area (Å²) in [5.74, 6) is 0.0581. The molecule has 1 heterocycles. The van der Waals surface area contributed by atoms with Crippen molar-refractivity contribution in [3.63, 3.8) is 0 Å². The van der Waals surface area contributed by atoms with E-state index in [0.717, 1.165) is 20.5 Å². The van der Waals surface area contributed by atoms with E-state index in [1.54, 1.807) is 12.1 Å². The number of aryl methyl sites for hydroxylation is 1. The van der Waals surface area contributed by atoms with E-state index in [9.17, 15) is 18.0 Å². The van der Waals surface area contributed by atoms with Crippen LogP contribution in [0, 0.1) is 6.92 Å². The molecule has 0 saturated heterocycles. The third-order valence-electron chi connectivity index (χ3n) is 3.70. The van der Waals surface area contributed by atoms with Gasteiger partial charge in [-0.25, -0.2) is 12.7 Å². The van der Waals surface area contributed by atoms with E-state index in [-0.39, 0.29) is 17.2 Å². The minimum absolute atomic E-state index is 0.0545. The zero-order valence-corrected chi connectivity index (χ0v) is 15.3. The van der Waals surface area contributed by atoms with Crippen LogP contribution in [-0.4, -0.2) is 44.3 Å². The van der Waals surface area contributed by atoms with Crippen molar-refractivity contribution in [2.45, 2.75) is 18.4 Å². The van der Waals surface area contributed by atoms with Crippen molar-refractivity contribution in [2.75, 3.05) is 21.2 Å². The molecule has 0 unspecified atom stereocenters. The molecule has 0 atom stereocenters. The number of hydrogen-bond acceptors (Lipinski definition) is 5. The van der Waals surface area contributed by atoms with Crippen LogP contribution in [0.25, 0.3) is 0 Å². The molecule has 0 N–H and O–H groups in total. The Morgan fingerprint density at radius 1 is 1.20 bits per heavy atom. The molecule has 0 aliphatic heterocycles. The molecule has 0 amide bonds. The highest BCUT2D eigenvalue weighted by atomic mass is 32.2. The van der Waals surface area contributed by atoms with E-state index in [1.165, 1.54) is 33.5 Å². The van der Waals surface area contributed by atoms with Gasteiger partial charge in [-0.3, -0.25) is 9.59 Å². The summed E-state index contributed by atoms with van der Waals surface area (Å²) in [4.78, 5) is 24.6. The van der Waals surface area contributed by atoms with Gasteiger partial charge in [0.2, 0.25) is 10.0 Å². The number of carbonyl (C=O) groups excluding carboxylic acids is 1. The van der Waals surface area contributed by atoms with Crippen molar-refractivity contribution in [1.82, 2.24) is 8.87 Å². The Morgan fingerprint density at radius 3 is 2.48 bits per heavy atom. The van der Waals surface area contributed by atoms with E-state index in [0.29, 0.717) is 11.3 Å². The first kappa shape index (κ1) is 18.9. The van der Waals surface area contributed by atoms with Gasteiger partial charge >= 0.3 is 0 Å². The average Bonchev–Trinajstić information content (AvgIpc) is 2.56. The van der Waals surface area contributed by atoms with E-state index < -0.39 is 15.6 Å². The first-order valence-corrected chi connectivity index (χ1v) is 8.91. The summed E-state index contributed by atoms with van der Waals surface area (Å²) in [5, 5.41) is 0. The summed E-state index contributed by atoms with van der Waals surface area (Å²) in [5.41, 5.74) is 0.758. The van der Waals surface area contributed by atoms with Gasteiger partial charge in [-0.1, -0.05) is 11.6 Å². The van der Waals surface area contributed by atoms with Crippen molar-refractivity contribution < 1.29 is 17.9 Å². The van der Waals surface area contributed by atoms with Gasteiger partial charge in [0.15, 0.2) is 5.78 Å². The monoisotopic (exact) mass is 364 g/mol. The molecule has 2 rings (SSSR count). The molecule has 0 fully saturated rings. The second kappa shape index (κ2) is 7.20. The Bertz CT molecular complexity index is 961. The molecule has 0 saturated carbocycles. The first-order chi connectivity index (χ1) is 11.7. The van der Waals surface area contributed by atoms with Gasteiger partial charge in [-0.05, 0) is 25.1 Å². The zero-order chi connectivity index (χ0) is 18.8. The Labute approximate surface area is 146 Å². The average molecular weight is 364 g/mol. The molecular formula is C17H20N2O5S. The fourth-order valence-electron chi connectivity index (χ4n) is 2.28. The minimum Gasteiger partial charge on any atom is -0.496 e. The quantitative estimate of drug-likeness (QED) is 0.721. The molecule has 0 bridgehead atoms. The Kier molecular flexibility index (Phi) is 5.44. The predicted octanol–water partition coefficient (Wildman–Crippen LogP) is 1.30. The topological polar surface area (TPSA) is 85.7 Å². The third kappa shape index (κ3) is 3.97. The minimum atomic E-state index is -3.70. The summed E-state index contributed by atoms with van der Waals surface area (Å²) in [7, 11) is 0.550. The molecule has 0 spiro atoms. The predicted molar refractivity (Wildman–Crippen MR) is 93.6 cm³/mol. The first-order valence-electron chi connectivity index (χ1n) is 7.47. The van der Waals surface area contributed by atoms with Crippen molar-refractivity contribution in [2.24, 2.45) is 0 Å². The number of methoxy groups -OCH3 is 1. The largest absolute Gasteiger partial charge is 0.496 e. The van der Waals surface area contributed by atoms with Gasteiger partial charge in [-0.15, -0.1) is 0 Å². The van der Waals surface area contributed by atoms with Gasteiger partial charge in [0.25, 0.3) is 5.56 Å². The lowest BCUT2D eigenvalue weighted by Gasteiger charge is -2.13. The van der Waals surface area contributed by atoms with Crippen LogP contribution in [-0.2, 0) is 16.6 Å². The second-order valence-electron chi connectivity index (χ2n) is 5.75. The maximum absolute atomic E-state index is 12.6. The number of ketones is 1. The zero-order valence-electron chi connectivity index (χ0n) is 14.5. The highest BCUT2D eigenvalue weighted by molar-refractivity contribution is 7.89. The van der Waals surface area contributed by atoms with Gasteiger partial charge in [0.1, 0.15) is 5.75 Å². The van der Waals surface area contributed by atoms with E-state index in [1.807, 2.05) is 13.0 Å². The molecule has 8 heteroatoms. The molecule has 7 nitrogen and oxygen atoms in total. The summed E-state index contributed by atoms with van der Waals surface area (Å²) >= 11 is 0. The van der Waals surface area contributed by atoms with Crippen LogP contribution in [0.1, 0.15) is 15.9 Å². The number of nitrogens with zero attached hydrogens (tertiary/aromatic N) is 2. The fraction of sp³-hybridized carbons (Fsp3) is 0.294. The Morgan fingerprint density at radius 2 is 1.88 bits per heavy atom. The lowest BCUT2D eigenvalue weighted by Crippen LogP contribution is -2.27.